The molecule has 40 heavy (non-hydrogen) atoms. The van der Waals surface area contributed by atoms with E-state index in [4.69, 9.17) is 23.2 Å². The SMILES string of the molecule is C=C(C)N1CC2N(C(=O)C(NS(C)(=O)=O)CN2S(=O)(=O)c2ccc(Cl)cc2Cl)C(Cc2ccc(F)c(F)c2)C1=O. The molecule has 3 unspecified atom stereocenters. The third-order valence-electron chi connectivity index (χ3n) is 6.51. The minimum absolute atomic E-state index is 0.140. The van der Waals surface area contributed by atoms with Gasteiger partial charge in [-0.05, 0) is 42.8 Å². The van der Waals surface area contributed by atoms with E-state index in [9.17, 15) is 35.2 Å². The Morgan fingerprint density at radius 1 is 1.02 bits per heavy atom. The molecule has 0 spiro atoms. The normalized spacial score (nSPS) is 22.4. The van der Waals surface area contributed by atoms with Crippen molar-refractivity contribution in [2.75, 3.05) is 19.3 Å². The molecule has 16 heteroatoms. The lowest BCUT2D eigenvalue weighted by Gasteiger charge is -2.53. The molecule has 0 aromatic heterocycles. The van der Waals surface area contributed by atoms with Gasteiger partial charge < -0.3 is 9.80 Å². The van der Waals surface area contributed by atoms with Crippen LogP contribution in [-0.2, 0) is 36.1 Å². The first kappa shape index (κ1) is 30.3. The summed E-state index contributed by atoms with van der Waals surface area (Å²) < 4.78 is 82.8. The zero-order valence-electron chi connectivity index (χ0n) is 21.1. The van der Waals surface area contributed by atoms with E-state index in [1.807, 2.05) is 0 Å². The Morgan fingerprint density at radius 2 is 1.70 bits per heavy atom. The number of amides is 2. The number of fused-ring (bicyclic) bond motifs is 1. The summed E-state index contributed by atoms with van der Waals surface area (Å²) in [6.07, 6.45) is -0.862. The monoisotopic (exact) mass is 636 g/mol. The lowest BCUT2D eigenvalue weighted by atomic mass is 9.97. The molecule has 2 aromatic rings. The summed E-state index contributed by atoms with van der Waals surface area (Å²) in [4.78, 5) is 29.1. The number of hydrogen-bond donors (Lipinski definition) is 1. The molecule has 2 aliphatic rings. The van der Waals surface area contributed by atoms with Gasteiger partial charge in [0.05, 0.1) is 17.8 Å². The average Bonchev–Trinajstić information content (AvgIpc) is 2.83. The van der Waals surface area contributed by atoms with Gasteiger partial charge in [0.2, 0.25) is 31.9 Å². The van der Waals surface area contributed by atoms with E-state index in [0.717, 1.165) is 27.6 Å². The third kappa shape index (κ3) is 5.87. The van der Waals surface area contributed by atoms with Gasteiger partial charge in [-0.3, -0.25) is 9.59 Å². The predicted octanol–water partition coefficient (Wildman–Crippen LogP) is 2.34. The van der Waals surface area contributed by atoms with E-state index in [1.165, 1.54) is 36.1 Å². The molecule has 2 saturated heterocycles. The summed E-state index contributed by atoms with van der Waals surface area (Å²) in [5.74, 6) is -3.84. The molecule has 2 aromatic carbocycles. The van der Waals surface area contributed by atoms with Crippen molar-refractivity contribution in [2.45, 2.75) is 36.5 Å². The van der Waals surface area contributed by atoms with Crippen LogP contribution in [0.1, 0.15) is 12.5 Å². The predicted molar refractivity (Wildman–Crippen MR) is 143 cm³/mol. The van der Waals surface area contributed by atoms with E-state index < -0.39 is 68.3 Å². The number of nitrogens with one attached hydrogen (secondary N) is 1. The molecule has 0 bridgehead atoms. The maximum atomic E-state index is 14.0. The summed E-state index contributed by atoms with van der Waals surface area (Å²) >= 11 is 12.2. The maximum Gasteiger partial charge on any atom is 0.250 e. The van der Waals surface area contributed by atoms with Crippen molar-refractivity contribution in [3.05, 3.63) is 75.9 Å². The highest BCUT2D eigenvalue weighted by molar-refractivity contribution is 7.89. The fourth-order valence-corrected chi connectivity index (χ4v) is 7.80. The highest BCUT2D eigenvalue weighted by atomic mass is 35.5. The summed E-state index contributed by atoms with van der Waals surface area (Å²) in [5, 5.41) is -0.0510. The maximum absolute atomic E-state index is 14.0. The Hall–Kier alpha value is -2.62. The van der Waals surface area contributed by atoms with Crippen molar-refractivity contribution < 1.29 is 35.2 Å². The number of rotatable bonds is 7. The van der Waals surface area contributed by atoms with Crippen molar-refractivity contribution in [1.29, 1.82) is 0 Å². The fourth-order valence-electron chi connectivity index (χ4n) is 4.77. The average molecular weight is 638 g/mol. The van der Waals surface area contributed by atoms with Crippen LogP contribution in [0.25, 0.3) is 0 Å². The molecule has 216 valence electrons. The van der Waals surface area contributed by atoms with Gasteiger partial charge in [0.1, 0.15) is 23.1 Å². The van der Waals surface area contributed by atoms with Crippen LogP contribution in [0, 0.1) is 11.6 Å². The second-order valence-electron chi connectivity index (χ2n) is 9.47. The number of allylic oxidation sites excluding steroid dienone is 1. The number of carbonyl (C=O) groups excluding carboxylic acids is 2. The first-order valence-corrected chi connectivity index (χ1v) is 15.8. The number of piperazine rings is 1. The van der Waals surface area contributed by atoms with E-state index in [1.54, 1.807) is 0 Å². The number of nitrogens with zero attached hydrogens (tertiary/aromatic N) is 3. The zero-order valence-corrected chi connectivity index (χ0v) is 24.3. The molecule has 1 N–H and O–H groups in total. The van der Waals surface area contributed by atoms with E-state index in [2.05, 4.69) is 11.3 Å². The van der Waals surface area contributed by atoms with Gasteiger partial charge in [-0.1, -0.05) is 35.8 Å². The third-order valence-corrected chi connectivity index (χ3v) is 9.81. The first-order chi connectivity index (χ1) is 18.5. The lowest BCUT2D eigenvalue weighted by molar-refractivity contribution is -0.164. The van der Waals surface area contributed by atoms with Gasteiger partial charge in [-0.25, -0.2) is 30.3 Å². The van der Waals surface area contributed by atoms with Crippen LogP contribution < -0.4 is 4.72 Å². The van der Waals surface area contributed by atoms with E-state index >= 15 is 0 Å². The Bertz CT molecular complexity index is 1620. The molecule has 2 heterocycles. The van der Waals surface area contributed by atoms with Crippen LogP contribution in [0.3, 0.4) is 0 Å². The van der Waals surface area contributed by atoms with Gasteiger partial charge >= 0.3 is 0 Å². The first-order valence-electron chi connectivity index (χ1n) is 11.7. The second-order valence-corrected chi connectivity index (χ2v) is 14.0. The number of hydrogen-bond acceptors (Lipinski definition) is 6. The number of carbonyl (C=O) groups is 2. The molecule has 10 nitrogen and oxygen atoms in total. The smallest absolute Gasteiger partial charge is 0.250 e. The van der Waals surface area contributed by atoms with Gasteiger partial charge in [-0.15, -0.1) is 0 Å². The van der Waals surface area contributed by atoms with Crippen molar-refractivity contribution in [1.82, 2.24) is 18.8 Å². The second kappa shape index (κ2) is 11.0. The van der Waals surface area contributed by atoms with Crippen molar-refractivity contribution in [2.24, 2.45) is 0 Å². The molecule has 0 aliphatic carbocycles. The summed E-state index contributed by atoms with van der Waals surface area (Å²) in [6.45, 7) is 4.34. The quantitative estimate of drug-likeness (QED) is 0.498. The van der Waals surface area contributed by atoms with E-state index in [0.29, 0.717) is 0 Å². The fraction of sp³-hybridized carbons (Fsp3) is 0.333. The highest BCUT2D eigenvalue weighted by Crippen LogP contribution is 2.35. The minimum Gasteiger partial charge on any atom is -0.312 e. The molecule has 3 atom stereocenters. The van der Waals surface area contributed by atoms with Crippen LogP contribution in [0.2, 0.25) is 10.0 Å². The molecule has 2 amide bonds. The molecular weight excluding hydrogens is 613 g/mol. The molecular formula is C24H24Cl2F2N4O6S2. The Kier molecular flexibility index (Phi) is 8.33. The standard InChI is InChI=1S/C24H24Cl2F2N4O6S2/c1-13(2)30-12-22-31(40(37,38)21-7-5-15(25)10-16(21)26)11-19(29-39(3,35)36)23(33)32(22)20(24(30)34)9-14-4-6-17(27)18(28)8-14/h4-8,10,19-20,22,29H,1,9,11-12H2,2-3H3. The molecule has 0 radical (unpaired) electrons. The Balaban J connectivity index is 1.88. The van der Waals surface area contributed by atoms with Crippen molar-refractivity contribution in [3.8, 4) is 0 Å². The molecule has 0 saturated carbocycles. The molecule has 2 aliphatic heterocycles. The van der Waals surface area contributed by atoms with Crippen molar-refractivity contribution >= 4 is 55.1 Å². The number of benzene rings is 2. The summed E-state index contributed by atoms with van der Waals surface area (Å²) in [6, 6.07) is 3.60. The Morgan fingerprint density at radius 3 is 2.27 bits per heavy atom. The van der Waals surface area contributed by atoms with Crippen LogP contribution in [0.5, 0.6) is 0 Å². The van der Waals surface area contributed by atoms with Crippen LogP contribution in [0.15, 0.2) is 53.6 Å². The van der Waals surface area contributed by atoms with Gasteiger partial charge in [0, 0.05) is 23.7 Å². The van der Waals surface area contributed by atoms with Crippen LogP contribution in [0.4, 0.5) is 8.78 Å². The largest absolute Gasteiger partial charge is 0.312 e. The number of halogens is 4. The van der Waals surface area contributed by atoms with Gasteiger partial charge in [0.15, 0.2) is 11.6 Å². The summed E-state index contributed by atoms with van der Waals surface area (Å²) in [7, 11) is -8.56. The molecule has 2 fully saturated rings. The van der Waals surface area contributed by atoms with Crippen molar-refractivity contribution in [3.63, 3.8) is 0 Å². The van der Waals surface area contributed by atoms with Gasteiger partial charge in [-0.2, -0.15) is 4.31 Å². The van der Waals surface area contributed by atoms with Crippen LogP contribution >= 0.6 is 23.2 Å². The minimum atomic E-state index is -4.53. The van der Waals surface area contributed by atoms with Crippen LogP contribution in [-0.4, -0.2) is 80.3 Å². The zero-order chi connectivity index (χ0) is 29.7. The molecule has 4 rings (SSSR count). The van der Waals surface area contributed by atoms with Gasteiger partial charge in [0.25, 0.3) is 0 Å². The number of sulfonamides is 2. The lowest BCUT2D eigenvalue weighted by Crippen LogP contribution is -2.75. The Labute approximate surface area is 240 Å². The summed E-state index contributed by atoms with van der Waals surface area (Å²) in [5.41, 5.74) is 0.381. The topological polar surface area (TPSA) is 124 Å². The highest BCUT2D eigenvalue weighted by Gasteiger charge is 2.54. The van der Waals surface area contributed by atoms with E-state index in [-0.39, 0.29) is 39.2 Å².